The first-order valence-corrected chi connectivity index (χ1v) is 28.7. The standard InChI is InChI=1S/C64H92N4O2/c1-5-9-13-17-21-29-43-67(44-30-22-18-14-10-6-2)61-49-37-27-25-35-47(49)57(55-51(61)39-33-41-53(55)65)59-63(69)60(64(59)70)58-48-36-26-28-38-50(48)62(52-40-34-42-54(66)56(52)58)68(45-31-23-19-15-11-7-3)46-32-24-20-16-12-8-4/h25-28,33-42,59-60,63-64,69-70H,5-24,29-32,43-46,65-66H2,1-4H3. The van der Waals surface area contributed by atoms with Crippen molar-refractivity contribution in [2.45, 2.75) is 206 Å². The SMILES string of the molecule is CCCCCCCCN(CCCCCCCC)c1c2ccccc2c(C2C(O)C(c3c4ccccc4c(N(CCCCCCCC)CCCCCCCC)c4cccc(N)c34)C2O)c2c(N)cccc12. The normalized spacial score (nSPS) is 17.0. The topological polar surface area (TPSA) is 99.0 Å². The lowest BCUT2D eigenvalue weighted by Gasteiger charge is -2.49. The number of anilines is 4. The lowest BCUT2D eigenvalue weighted by atomic mass is 9.60. The number of hydrogen-bond acceptors (Lipinski definition) is 6. The van der Waals surface area contributed by atoms with E-state index in [9.17, 15) is 10.2 Å². The summed E-state index contributed by atoms with van der Waals surface area (Å²) in [6.45, 7) is 13.1. The van der Waals surface area contributed by atoms with Crippen molar-refractivity contribution in [1.29, 1.82) is 0 Å². The van der Waals surface area contributed by atoms with Crippen LogP contribution >= 0.6 is 0 Å². The van der Waals surface area contributed by atoms with Gasteiger partial charge in [0, 0.05) is 81.7 Å². The fraction of sp³-hybridized carbons (Fsp3) is 0.562. The quantitative estimate of drug-likeness (QED) is 0.0191. The van der Waals surface area contributed by atoms with E-state index in [1.807, 2.05) is 12.1 Å². The van der Waals surface area contributed by atoms with E-state index in [0.29, 0.717) is 11.4 Å². The largest absolute Gasteiger partial charge is 0.398 e. The molecule has 0 amide bonds. The van der Waals surface area contributed by atoms with Crippen molar-refractivity contribution in [3.05, 3.63) is 96.1 Å². The molecule has 6 aromatic rings. The number of fused-ring (bicyclic) bond motifs is 4. The molecule has 0 heterocycles. The zero-order valence-corrected chi connectivity index (χ0v) is 44.1. The Hall–Kier alpha value is -4.52. The van der Waals surface area contributed by atoms with Crippen LogP contribution in [0.3, 0.4) is 0 Å². The van der Waals surface area contributed by atoms with Crippen molar-refractivity contribution in [1.82, 2.24) is 0 Å². The number of benzene rings is 6. The van der Waals surface area contributed by atoms with Gasteiger partial charge in [-0.2, -0.15) is 0 Å². The van der Waals surface area contributed by atoms with Crippen molar-refractivity contribution in [3.8, 4) is 0 Å². The van der Waals surface area contributed by atoms with Gasteiger partial charge in [0.1, 0.15) is 0 Å². The first-order chi connectivity index (χ1) is 34.4. The summed E-state index contributed by atoms with van der Waals surface area (Å²) in [6, 6.07) is 30.2. The Balaban J connectivity index is 1.29. The number of hydrogen-bond donors (Lipinski definition) is 4. The maximum absolute atomic E-state index is 13.0. The van der Waals surface area contributed by atoms with Crippen LogP contribution in [0.25, 0.3) is 43.1 Å². The van der Waals surface area contributed by atoms with E-state index in [2.05, 4.69) is 110 Å². The fourth-order valence-corrected chi connectivity index (χ4v) is 12.3. The highest BCUT2D eigenvalue weighted by Crippen LogP contribution is 2.57. The van der Waals surface area contributed by atoms with E-state index in [1.165, 1.54) is 151 Å². The average molecular weight is 949 g/mol. The summed E-state index contributed by atoms with van der Waals surface area (Å²) in [5, 5.41) is 34.6. The number of aliphatic hydroxyl groups is 2. The van der Waals surface area contributed by atoms with E-state index >= 15 is 0 Å². The third-order valence-corrected chi connectivity index (χ3v) is 16.1. The van der Waals surface area contributed by atoms with Crippen LogP contribution in [0.2, 0.25) is 0 Å². The highest BCUT2D eigenvalue weighted by atomic mass is 16.3. The summed E-state index contributed by atoms with van der Waals surface area (Å²) in [7, 11) is 0. The van der Waals surface area contributed by atoms with Crippen molar-refractivity contribution in [2.75, 3.05) is 47.4 Å². The van der Waals surface area contributed by atoms with Crippen LogP contribution in [0.15, 0.2) is 84.9 Å². The minimum absolute atomic E-state index is 0.544. The molecule has 380 valence electrons. The van der Waals surface area contributed by atoms with Gasteiger partial charge in [-0.25, -0.2) is 0 Å². The molecule has 6 nitrogen and oxygen atoms in total. The van der Waals surface area contributed by atoms with E-state index in [4.69, 9.17) is 11.5 Å². The Morgan fingerprint density at radius 1 is 0.343 bits per heavy atom. The maximum atomic E-state index is 13.0. The van der Waals surface area contributed by atoms with Gasteiger partial charge >= 0.3 is 0 Å². The average Bonchev–Trinajstić information content (AvgIpc) is 3.37. The molecule has 0 aliphatic heterocycles. The van der Waals surface area contributed by atoms with Crippen LogP contribution in [-0.2, 0) is 0 Å². The van der Waals surface area contributed by atoms with Crippen LogP contribution in [0.1, 0.15) is 205 Å². The molecule has 70 heavy (non-hydrogen) atoms. The van der Waals surface area contributed by atoms with Crippen molar-refractivity contribution in [2.24, 2.45) is 0 Å². The van der Waals surface area contributed by atoms with E-state index in [-0.39, 0.29) is 0 Å². The Kier molecular flexibility index (Phi) is 20.8. The van der Waals surface area contributed by atoms with Crippen LogP contribution in [-0.4, -0.2) is 48.6 Å². The van der Waals surface area contributed by atoms with E-state index in [0.717, 1.165) is 95.3 Å². The Labute approximate surface area is 423 Å². The molecular weight excluding hydrogens is 857 g/mol. The molecule has 0 saturated heterocycles. The third kappa shape index (κ3) is 12.4. The molecule has 6 heteroatoms. The smallest absolute Gasteiger partial charge is 0.0728 e. The number of rotatable bonds is 32. The van der Waals surface area contributed by atoms with Gasteiger partial charge in [-0.1, -0.05) is 229 Å². The second-order valence-corrected chi connectivity index (χ2v) is 21.2. The highest BCUT2D eigenvalue weighted by molar-refractivity contribution is 6.19. The van der Waals surface area contributed by atoms with Gasteiger partial charge in [0.25, 0.3) is 0 Å². The summed E-state index contributed by atoms with van der Waals surface area (Å²) in [5.74, 6) is -1.09. The van der Waals surface area contributed by atoms with Crippen molar-refractivity contribution < 1.29 is 10.2 Å². The summed E-state index contributed by atoms with van der Waals surface area (Å²) in [5.41, 5.74) is 20.1. The highest BCUT2D eigenvalue weighted by Gasteiger charge is 2.53. The van der Waals surface area contributed by atoms with Gasteiger partial charge in [0.15, 0.2) is 0 Å². The van der Waals surface area contributed by atoms with Crippen LogP contribution < -0.4 is 21.3 Å². The molecule has 0 atom stereocenters. The van der Waals surface area contributed by atoms with Gasteiger partial charge in [0.05, 0.1) is 23.6 Å². The second-order valence-electron chi connectivity index (χ2n) is 21.2. The lowest BCUT2D eigenvalue weighted by molar-refractivity contribution is -0.0765. The number of nitrogens with zero attached hydrogens (tertiary/aromatic N) is 2. The summed E-state index contributed by atoms with van der Waals surface area (Å²) in [6.07, 6.45) is 28.4. The molecule has 0 spiro atoms. The van der Waals surface area contributed by atoms with Gasteiger partial charge in [-0.15, -0.1) is 0 Å². The van der Waals surface area contributed by atoms with Crippen molar-refractivity contribution >= 4 is 65.8 Å². The van der Waals surface area contributed by atoms with Gasteiger partial charge in [-0.3, -0.25) is 0 Å². The molecule has 0 unspecified atom stereocenters. The molecule has 0 bridgehead atoms. The Morgan fingerprint density at radius 3 is 0.929 bits per heavy atom. The number of aliphatic hydroxyl groups excluding tert-OH is 2. The van der Waals surface area contributed by atoms with Gasteiger partial charge in [-0.05, 0) is 59.7 Å². The van der Waals surface area contributed by atoms with Crippen LogP contribution in [0.5, 0.6) is 0 Å². The zero-order chi connectivity index (χ0) is 49.2. The Morgan fingerprint density at radius 2 is 0.614 bits per heavy atom. The number of unbranched alkanes of at least 4 members (excludes halogenated alkanes) is 20. The van der Waals surface area contributed by atoms with Gasteiger partial charge < -0.3 is 31.5 Å². The second kappa shape index (κ2) is 27.3. The number of nitrogen functional groups attached to an aromatic ring is 2. The summed E-state index contributed by atoms with van der Waals surface area (Å²) >= 11 is 0. The maximum Gasteiger partial charge on any atom is 0.0728 e. The molecular formula is C64H92N4O2. The molecule has 0 radical (unpaired) electrons. The third-order valence-electron chi connectivity index (χ3n) is 16.1. The van der Waals surface area contributed by atoms with Crippen LogP contribution in [0, 0.1) is 0 Å². The lowest BCUT2D eigenvalue weighted by Crippen LogP contribution is -2.52. The molecule has 6 N–H and O–H groups in total. The first-order valence-electron chi connectivity index (χ1n) is 28.7. The van der Waals surface area contributed by atoms with Crippen LogP contribution in [0.4, 0.5) is 22.7 Å². The van der Waals surface area contributed by atoms with E-state index < -0.39 is 24.0 Å². The molecule has 7 rings (SSSR count). The summed E-state index contributed by atoms with van der Waals surface area (Å²) in [4.78, 5) is 5.32. The fourth-order valence-electron chi connectivity index (χ4n) is 12.3. The molecule has 1 fully saturated rings. The number of nitrogens with two attached hydrogens (primary N) is 2. The molecule has 1 aliphatic carbocycles. The monoisotopic (exact) mass is 949 g/mol. The molecule has 6 aromatic carbocycles. The van der Waals surface area contributed by atoms with Gasteiger partial charge in [0.2, 0.25) is 0 Å². The minimum atomic E-state index is -0.867. The van der Waals surface area contributed by atoms with E-state index in [1.54, 1.807) is 0 Å². The summed E-state index contributed by atoms with van der Waals surface area (Å²) < 4.78 is 0. The first kappa shape index (κ1) is 53.3. The molecule has 0 aromatic heterocycles. The van der Waals surface area contributed by atoms with Crippen molar-refractivity contribution in [3.63, 3.8) is 0 Å². The predicted octanol–water partition coefficient (Wildman–Crippen LogP) is 17.1. The zero-order valence-electron chi connectivity index (χ0n) is 44.1. The molecule has 1 saturated carbocycles. The minimum Gasteiger partial charge on any atom is -0.398 e. The Bertz CT molecular complexity index is 2320. The molecule has 1 aliphatic rings. The predicted molar refractivity (Wildman–Crippen MR) is 307 cm³/mol.